The molecule has 2 aromatic rings. The van der Waals surface area contributed by atoms with Crippen molar-refractivity contribution in [3.8, 4) is 11.8 Å². The van der Waals surface area contributed by atoms with E-state index in [9.17, 15) is 18.4 Å². The molecule has 5 atom stereocenters. The Bertz CT molecular complexity index is 1300. The van der Waals surface area contributed by atoms with Crippen molar-refractivity contribution >= 4 is 11.8 Å². The molecule has 8 nitrogen and oxygen atoms in total. The first-order valence-electron chi connectivity index (χ1n) is 15.7. The van der Waals surface area contributed by atoms with E-state index in [0.717, 1.165) is 12.5 Å². The van der Waals surface area contributed by atoms with Gasteiger partial charge in [-0.2, -0.15) is 10.2 Å². The third-order valence-corrected chi connectivity index (χ3v) is 10.3. The van der Waals surface area contributed by atoms with Crippen LogP contribution in [0.3, 0.4) is 0 Å². The van der Waals surface area contributed by atoms with E-state index in [1.165, 1.54) is 76.4 Å². The molecule has 1 aromatic heterocycles. The average molecular weight is 598 g/mol. The maximum atomic E-state index is 12.8. The quantitative estimate of drug-likeness (QED) is 0.310. The molecular weight excluding hydrogens is 555 g/mol. The molecule has 43 heavy (non-hydrogen) atoms. The Morgan fingerprint density at radius 1 is 1.09 bits per heavy atom. The van der Waals surface area contributed by atoms with E-state index in [0.29, 0.717) is 46.9 Å². The number of hydrogen-bond acceptors (Lipinski definition) is 8. The molecule has 232 valence electrons. The van der Waals surface area contributed by atoms with E-state index in [-0.39, 0.29) is 23.7 Å². The zero-order valence-electron chi connectivity index (χ0n) is 25.0. The van der Waals surface area contributed by atoms with Gasteiger partial charge in [-0.05, 0) is 101 Å². The van der Waals surface area contributed by atoms with Crippen molar-refractivity contribution < 1.29 is 17.9 Å². The van der Waals surface area contributed by atoms with Crippen LogP contribution in [-0.4, -0.2) is 59.0 Å². The van der Waals surface area contributed by atoms with E-state index in [4.69, 9.17) is 0 Å². The molecule has 7 rings (SSSR count). The number of rotatable bonds is 10. The van der Waals surface area contributed by atoms with Crippen LogP contribution in [0.25, 0.3) is 0 Å². The Balaban J connectivity index is 1.08. The number of likely N-dealkylation sites (tertiary alicyclic amines) is 1. The monoisotopic (exact) mass is 597 g/mol. The minimum Gasteiger partial charge on any atom is -0.405 e. The standard InChI is InChI=1S/C32H42F3N7O/c1-20(2)42-9-7-26(8-10-42)40-28-23-11-21-12-24(28)15-31(13-21,14-23)19-39-29-25(16-36)18-38-30(41-29)37-17-22-5-3-4-6-27(22)43-32(33,34)35/h3-6,18,20-21,23-24,26,28,40H,7-15,17,19H2,1-2H3,(H2,37,38,39,41)/t21?,23-,24+,28-,31-. The lowest BCUT2D eigenvalue weighted by Gasteiger charge is -2.61. The third-order valence-electron chi connectivity index (χ3n) is 10.3. The van der Waals surface area contributed by atoms with Gasteiger partial charge in [-0.15, -0.1) is 13.2 Å². The molecule has 1 aromatic carbocycles. The number of halogens is 3. The second kappa shape index (κ2) is 12.1. The molecule has 0 amide bonds. The first kappa shape index (κ1) is 29.9. The van der Waals surface area contributed by atoms with Gasteiger partial charge < -0.3 is 25.6 Å². The minimum absolute atomic E-state index is 0.0391. The summed E-state index contributed by atoms with van der Waals surface area (Å²) in [5, 5.41) is 20.4. The van der Waals surface area contributed by atoms with Crippen molar-refractivity contribution in [2.45, 2.75) is 89.8 Å². The van der Waals surface area contributed by atoms with Crippen molar-refractivity contribution in [1.29, 1.82) is 5.26 Å². The predicted octanol–water partition coefficient (Wildman–Crippen LogP) is 5.93. The molecule has 5 fully saturated rings. The van der Waals surface area contributed by atoms with Crippen molar-refractivity contribution in [2.24, 2.45) is 23.2 Å². The molecule has 3 N–H and O–H groups in total. The van der Waals surface area contributed by atoms with Crippen molar-refractivity contribution in [3.63, 3.8) is 0 Å². The maximum absolute atomic E-state index is 12.8. The van der Waals surface area contributed by atoms with Crippen molar-refractivity contribution in [1.82, 2.24) is 20.2 Å². The van der Waals surface area contributed by atoms with Crippen LogP contribution < -0.4 is 20.7 Å². The minimum atomic E-state index is -4.78. The summed E-state index contributed by atoms with van der Waals surface area (Å²) in [7, 11) is 0. The van der Waals surface area contributed by atoms with E-state index >= 15 is 0 Å². The lowest BCUT2D eigenvalue weighted by atomic mass is 9.48. The Morgan fingerprint density at radius 2 is 1.81 bits per heavy atom. The number of nitrogens with zero attached hydrogens (tertiary/aromatic N) is 4. The van der Waals surface area contributed by atoms with Gasteiger partial charge in [0, 0.05) is 36.8 Å². The number of aromatic nitrogens is 2. The summed E-state index contributed by atoms with van der Waals surface area (Å²) in [6, 6.07) is 9.99. The number of ether oxygens (including phenoxy) is 1. The summed E-state index contributed by atoms with van der Waals surface area (Å²) in [5.74, 6) is 2.56. The van der Waals surface area contributed by atoms with Gasteiger partial charge in [-0.1, -0.05) is 18.2 Å². The normalized spacial score (nSPS) is 29.0. The van der Waals surface area contributed by atoms with Gasteiger partial charge in [0.25, 0.3) is 0 Å². The number of nitriles is 1. The van der Waals surface area contributed by atoms with Gasteiger partial charge in [0.2, 0.25) is 5.95 Å². The lowest BCUT2D eigenvalue weighted by Crippen LogP contribution is -2.62. The molecule has 0 spiro atoms. The number of anilines is 2. The Labute approximate surface area is 251 Å². The van der Waals surface area contributed by atoms with Crippen LogP contribution in [0.2, 0.25) is 0 Å². The van der Waals surface area contributed by atoms with Gasteiger partial charge in [0.1, 0.15) is 23.2 Å². The average Bonchev–Trinajstić information content (AvgIpc) is 2.97. The fourth-order valence-corrected chi connectivity index (χ4v) is 8.54. The molecule has 4 aliphatic carbocycles. The zero-order valence-corrected chi connectivity index (χ0v) is 25.0. The highest BCUT2D eigenvalue weighted by Crippen LogP contribution is 2.60. The second-order valence-electron chi connectivity index (χ2n) is 13.5. The molecular formula is C32H42F3N7O. The SMILES string of the molecule is CC(C)N1CCC(N[C@@H]2[C@@H]3CC4C[C@H]2C[C@@](CNc2nc(NCc5ccccc5OC(F)(F)F)ncc2C#N)(C4)C3)CC1. The molecule has 11 heteroatoms. The highest BCUT2D eigenvalue weighted by Gasteiger charge is 2.55. The van der Waals surface area contributed by atoms with Gasteiger partial charge in [0.05, 0.1) is 6.20 Å². The summed E-state index contributed by atoms with van der Waals surface area (Å²) in [6.45, 7) is 7.72. The third kappa shape index (κ3) is 6.86. The van der Waals surface area contributed by atoms with Gasteiger partial charge in [0.15, 0.2) is 0 Å². The van der Waals surface area contributed by atoms with Gasteiger partial charge in [-0.25, -0.2) is 4.98 Å². The smallest absolute Gasteiger partial charge is 0.405 e. The summed E-state index contributed by atoms with van der Waals surface area (Å²) in [4.78, 5) is 11.4. The van der Waals surface area contributed by atoms with Crippen LogP contribution in [0.15, 0.2) is 30.5 Å². The van der Waals surface area contributed by atoms with Crippen molar-refractivity contribution in [2.75, 3.05) is 30.3 Å². The number of para-hydroxylation sites is 1. The fraction of sp³-hybridized carbons (Fsp3) is 0.656. The number of alkyl halides is 3. The molecule has 1 aliphatic heterocycles. The number of hydrogen-bond donors (Lipinski definition) is 3. The topological polar surface area (TPSA) is 98.1 Å². The largest absolute Gasteiger partial charge is 0.573 e. The first-order chi connectivity index (χ1) is 20.6. The van der Waals surface area contributed by atoms with Crippen LogP contribution in [0.5, 0.6) is 5.75 Å². The molecule has 4 bridgehead atoms. The van der Waals surface area contributed by atoms with E-state index in [2.05, 4.69) is 55.5 Å². The highest BCUT2D eigenvalue weighted by molar-refractivity contribution is 5.53. The Morgan fingerprint density at radius 3 is 2.49 bits per heavy atom. The zero-order chi connectivity index (χ0) is 30.2. The Hall–Kier alpha value is -3.10. The Kier molecular flexibility index (Phi) is 8.44. The molecule has 2 heterocycles. The number of piperidine rings is 1. The summed E-state index contributed by atoms with van der Waals surface area (Å²) in [6.07, 6.45) is 5.33. The lowest BCUT2D eigenvalue weighted by molar-refractivity contribution is -0.274. The summed E-state index contributed by atoms with van der Waals surface area (Å²) < 4.78 is 42.6. The number of benzene rings is 1. The van der Waals surface area contributed by atoms with Crippen LogP contribution in [0, 0.1) is 34.5 Å². The van der Waals surface area contributed by atoms with Crippen LogP contribution >= 0.6 is 0 Å². The molecule has 1 unspecified atom stereocenters. The number of nitrogens with one attached hydrogen (secondary N) is 3. The first-order valence-corrected chi connectivity index (χ1v) is 15.7. The van der Waals surface area contributed by atoms with E-state index < -0.39 is 6.36 Å². The second-order valence-corrected chi connectivity index (χ2v) is 13.5. The van der Waals surface area contributed by atoms with E-state index in [1.54, 1.807) is 12.1 Å². The molecule has 4 saturated carbocycles. The van der Waals surface area contributed by atoms with E-state index in [1.807, 2.05) is 0 Å². The van der Waals surface area contributed by atoms with Crippen LogP contribution in [0.1, 0.15) is 69.9 Å². The fourth-order valence-electron chi connectivity index (χ4n) is 8.54. The van der Waals surface area contributed by atoms with Crippen LogP contribution in [0.4, 0.5) is 24.9 Å². The molecule has 5 aliphatic rings. The summed E-state index contributed by atoms with van der Waals surface area (Å²) in [5.41, 5.74) is 0.863. The van der Waals surface area contributed by atoms with Crippen LogP contribution in [-0.2, 0) is 6.54 Å². The van der Waals surface area contributed by atoms with Crippen molar-refractivity contribution in [3.05, 3.63) is 41.6 Å². The molecule has 1 saturated heterocycles. The predicted molar refractivity (Wildman–Crippen MR) is 158 cm³/mol. The summed E-state index contributed by atoms with van der Waals surface area (Å²) >= 11 is 0. The maximum Gasteiger partial charge on any atom is 0.573 e. The molecule has 0 radical (unpaired) electrons. The highest BCUT2D eigenvalue weighted by atomic mass is 19.4. The van der Waals surface area contributed by atoms with Gasteiger partial charge >= 0.3 is 6.36 Å². The van der Waals surface area contributed by atoms with Gasteiger partial charge in [-0.3, -0.25) is 0 Å².